The summed E-state index contributed by atoms with van der Waals surface area (Å²) in [7, 11) is -3.58. The minimum atomic E-state index is -3.58. The maximum atomic E-state index is 13.0. The Balaban J connectivity index is 1.27. The topological polar surface area (TPSA) is 123 Å². The van der Waals surface area contributed by atoms with E-state index in [1.807, 2.05) is 20.0 Å². The van der Waals surface area contributed by atoms with Crippen molar-refractivity contribution in [3.63, 3.8) is 0 Å². The SMILES string of the molecule is Cc1c[nH]c2ncnc(N3CCN(C(=O)Nc4cccc(S(=O)(=O)NC5CC5)c4)[C@@H](C)C3)c12. The van der Waals surface area contributed by atoms with Crippen molar-refractivity contribution in [3.05, 3.63) is 42.4 Å². The minimum absolute atomic E-state index is 0.0246. The molecule has 33 heavy (non-hydrogen) atoms. The number of hydrogen-bond donors (Lipinski definition) is 3. The molecular formula is C22H27N7O3S. The van der Waals surface area contributed by atoms with Crippen molar-refractivity contribution in [3.8, 4) is 0 Å². The molecule has 1 aliphatic carbocycles. The molecule has 0 spiro atoms. The Morgan fingerprint density at radius 3 is 2.79 bits per heavy atom. The number of rotatable bonds is 5. The number of nitrogens with zero attached hydrogens (tertiary/aromatic N) is 4. The lowest BCUT2D eigenvalue weighted by molar-refractivity contribution is 0.184. The predicted octanol–water partition coefficient (Wildman–Crippen LogP) is 2.45. The van der Waals surface area contributed by atoms with Gasteiger partial charge in [-0.3, -0.25) is 0 Å². The van der Waals surface area contributed by atoms with E-state index in [0.29, 0.717) is 25.3 Å². The molecule has 2 aliphatic rings. The zero-order valence-corrected chi connectivity index (χ0v) is 19.4. The van der Waals surface area contributed by atoms with E-state index in [9.17, 15) is 13.2 Å². The number of hydrogen-bond acceptors (Lipinski definition) is 6. The van der Waals surface area contributed by atoms with Gasteiger partial charge in [0.1, 0.15) is 17.8 Å². The van der Waals surface area contributed by atoms with Gasteiger partial charge >= 0.3 is 6.03 Å². The summed E-state index contributed by atoms with van der Waals surface area (Å²) in [6.07, 6.45) is 5.20. The van der Waals surface area contributed by atoms with Gasteiger partial charge in [-0.15, -0.1) is 0 Å². The van der Waals surface area contributed by atoms with Crippen LogP contribution in [0.1, 0.15) is 25.3 Å². The fourth-order valence-electron chi connectivity index (χ4n) is 4.21. The molecule has 0 bridgehead atoms. The van der Waals surface area contributed by atoms with Gasteiger partial charge in [0.25, 0.3) is 0 Å². The largest absolute Gasteiger partial charge is 0.352 e. The van der Waals surface area contributed by atoms with Gasteiger partial charge in [-0.2, -0.15) is 0 Å². The van der Waals surface area contributed by atoms with Crippen LogP contribution >= 0.6 is 0 Å². The van der Waals surface area contributed by atoms with Crippen molar-refractivity contribution < 1.29 is 13.2 Å². The summed E-state index contributed by atoms with van der Waals surface area (Å²) in [5, 5.41) is 3.86. The van der Waals surface area contributed by atoms with Crippen molar-refractivity contribution in [1.82, 2.24) is 24.6 Å². The van der Waals surface area contributed by atoms with Crippen LogP contribution in [-0.4, -0.2) is 66.0 Å². The molecule has 3 aromatic rings. The second-order valence-electron chi connectivity index (χ2n) is 8.73. The highest BCUT2D eigenvalue weighted by Crippen LogP contribution is 2.28. The zero-order valence-electron chi connectivity index (χ0n) is 18.6. The number of H-pyrrole nitrogens is 1. The second-order valence-corrected chi connectivity index (χ2v) is 10.4. The molecule has 174 valence electrons. The van der Waals surface area contributed by atoms with Gasteiger partial charge in [0.15, 0.2) is 0 Å². The number of anilines is 2. The maximum Gasteiger partial charge on any atom is 0.322 e. The van der Waals surface area contributed by atoms with Gasteiger partial charge in [0.05, 0.1) is 10.3 Å². The fourth-order valence-corrected chi connectivity index (χ4v) is 5.56. The first-order valence-corrected chi connectivity index (χ1v) is 12.5. The number of amides is 2. The average molecular weight is 470 g/mol. The summed E-state index contributed by atoms with van der Waals surface area (Å²) in [4.78, 5) is 29.1. The smallest absolute Gasteiger partial charge is 0.322 e. The first-order valence-electron chi connectivity index (χ1n) is 11.1. The molecule has 3 heterocycles. The fraction of sp³-hybridized carbons (Fsp3) is 0.409. The molecule has 1 aromatic carbocycles. The third kappa shape index (κ3) is 4.38. The van der Waals surface area contributed by atoms with Crippen LogP contribution in [0.2, 0.25) is 0 Å². The summed E-state index contributed by atoms with van der Waals surface area (Å²) in [6.45, 7) is 5.79. The quantitative estimate of drug-likeness (QED) is 0.527. The highest BCUT2D eigenvalue weighted by molar-refractivity contribution is 7.89. The van der Waals surface area contributed by atoms with Gasteiger partial charge in [-0.05, 0) is 50.5 Å². The molecule has 3 N–H and O–H groups in total. The van der Waals surface area contributed by atoms with E-state index in [1.165, 1.54) is 12.1 Å². The van der Waals surface area contributed by atoms with Crippen LogP contribution in [0.5, 0.6) is 0 Å². The molecule has 1 atom stereocenters. The van der Waals surface area contributed by atoms with E-state index in [2.05, 4.69) is 29.9 Å². The van der Waals surface area contributed by atoms with Gasteiger partial charge in [-0.25, -0.2) is 27.9 Å². The highest BCUT2D eigenvalue weighted by Gasteiger charge is 2.30. The monoisotopic (exact) mass is 469 g/mol. The Bertz CT molecular complexity index is 1300. The summed E-state index contributed by atoms with van der Waals surface area (Å²) < 4.78 is 27.6. The molecule has 0 radical (unpaired) electrons. The lowest BCUT2D eigenvalue weighted by Gasteiger charge is -2.40. The van der Waals surface area contributed by atoms with Crippen LogP contribution in [0.15, 0.2) is 41.7 Å². The molecule has 0 unspecified atom stereocenters. The molecular weight excluding hydrogens is 442 g/mol. The summed E-state index contributed by atoms with van der Waals surface area (Å²) in [6, 6.07) is 6.07. The molecule has 2 amide bonds. The van der Waals surface area contributed by atoms with Gasteiger partial charge in [-0.1, -0.05) is 6.07 Å². The van der Waals surface area contributed by atoms with E-state index in [0.717, 1.165) is 35.3 Å². The Kier molecular flexibility index (Phi) is 5.45. The van der Waals surface area contributed by atoms with Crippen molar-refractivity contribution >= 4 is 38.6 Å². The summed E-state index contributed by atoms with van der Waals surface area (Å²) >= 11 is 0. The Labute approximate surface area is 192 Å². The van der Waals surface area contributed by atoms with Crippen LogP contribution in [0.3, 0.4) is 0 Å². The third-order valence-electron chi connectivity index (χ3n) is 6.13. The van der Waals surface area contributed by atoms with Gasteiger partial charge < -0.3 is 20.1 Å². The lowest BCUT2D eigenvalue weighted by atomic mass is 10.1. The van der Waals surface area contributed by atoms with Crippen LogP contribution in [0, 0.1) is 6.92 Å². The zero-order chi connectivity index (χ0) is 23.2. The van der Waals surface area contributed by atoms with Crippen molar-refractivity contribution in [2.45, 2.75) is 43.7 Å². The first kappa shape index (κ1) is 21.7. The Morgan fingerprint density at radius 2 is 2.03 bits per heavy atom. The van der Waals surface area contributed by atoms with Crippen molar-refractivity contribution in [2.75, 3.05) is 29.9 Å². The molecule has 2 fully saturated rings. The van der Waals surface area contributed by atoms with E-state index >= 15 is 0 Å². The minimum Gasteiger partial charge on any atom is -0.352 e. The molecule has 5 rings (SSSR count). The Morgan fingerprint density at radius 1 is 1.21 bits per heavy atom. The lowest BCUT2D eigenvalue weighted by Crippen LogP contribution is -2.55. The number of urea groups is 1. The van der Waals surface area contributed by atoms with Crippen molar-refractivity contribution in [2.24, 2.45) is 0 Å². The second kappa shape index (κ2) is 8.31. The molecule has 10 nitrogen and oxygen atoms in total. The number of carbonyl (C=O) groups is 1. The van der Waals surface area contributed by atoms with E-state index in [-0.39, 0.29) is 23.0 Å². The van der Waals surface area contributed by atoms with E-state index in [4.69, 9.17) is 0 Å². The highest BCUT2D eigenvalue weighted by atomic mass is 32.2. The number of benzene rings is 1. The number of nitrogens with one attached hydrogen (secondary N) is 3. The molecule has 1 saturated heterocycles. The summed E-state index contributed by atoms with van der Waals surface area (Å²) in [5.41, 5.74) is 2.34. The van der Waals surface area contributed by atoms with Crippen LogP contribution in [-0.2, 0) is 10.0 Å². The summed E-state index contributed by atoms with van der Waals surface area (Å²) in [5.74, 6) is 0.867. The predicted molar refractivity (Wildman–Crippen MR) is 126 cm³/mol. The first-order chi connectivity index (χ1) is 15.8. The molecule has 2 aromatic heterocycles. The number of sulfonamides is 1. The van der Waals surface area contributed by atoms with Gasteiger partial charge in [0, 0.05) is 43.6 Å². The standard InChI is InChI=1S/C22H27N7O3S/c1-14-11-23-20-19(14)21(25-13-24-20)28-8-9-29(15(2)12-28)22(30)26-17-4-3-5-18(10-17)33(31,32)27-16-6-7-16/h3-5,10-11,13,15-16,27H,6-9,12H2,1-2H3,(H,26,30)(H,23,24,25)/t15-/m0/s1. The maximum absolute atomic E-state index is 13.0. The number of piperazine rings is 1. The third-order valence-corrected chi connectivity index (χ3v) is 7.65. The number of aromatic amines is 1. The molecule has 11 heteroatoms. The molecule has 1 saturated carbocycles. The Hall–Kier alpha value is -3.18. The number of aromatic nitrogens is 3. The normalized spacial score (nSPS) is 19.2. The van der Waals surface area contributed by atoms with Crippen molar-refractivity contribution in [1.29, 1.82) is 0 Å². The van der Waals surface area contributed by atoms with Gasteiger partial charge in [0.2, 0.25) is 10.0 Å². The van der Waals surface area contributed by atoms with Crippen LogP contribution < -0.4 is 14.9 Å². The number of fused-ring (bicyclic) bond motifs is 1. The van der Waals surface area contributed by atoms with Crippen LogP contribution in [0.4, 0.5) is 16.3 Å². The number of carbonyl (C=O) groups excluding carboxylic acids is 1. The average Bonchev–Trinajstić information content (AvgIpc) is 3.52. The van der Waals surface area contributed by atoms with E-state index < -0.39 is 10.0 Å². The van der Waals surface area contributed by atoms with Crippen LogP contribution in [0.25, 0.3) is 11.0 Å². The van der Waals surface area contributed by atoms with E-state index in [1.54, 1.807) is 23.4 Å². The molecule has 1 aliphatic heterocycles. The number of aryl methyl sites for hydroxylation is 1.